The van der Waals surface area contributed by atoms with Crippen molar-refractivity contribution in [2.45, 2.75) is 38.6 Å². The van der Waals surface area contributed by atoms with Gasteiger partial charge >= 0.3 is 6.03 Å². The van der Waals surface area contributed by atoms with E-state index >= 15 is 0 Å². The molecule has 0 aromatic carbocycles. The van der Waals surface area contributed by atoms with Gasteiger partial charge in [-0.05, 0) is 38.5 Å². The highest BCUT2D eigenvalue weighted by atomic mass is 16.2. The van der Waals surface area contributed by atoms with E-state index < -0.39 is 0 Å². The molecule has 2 amide bonds. The number of nitrogens with one attached hydrogen (secondary N) is 1. The normalized spacial score (nSPS) is 21.3. The van der Waals surface area contributed by atoms with E-state index in [4.69, 9.17) is 0 Å². The standard InChI is InChI=1S/C10H18N2O/c1-2-11-10(13)12(9-5-6-9)7-8-3-4-8/h8-9H,2-7H2,1H3,(H,11,13). The number of urea groups is 1. The summed E-state index contributed by atoms with van der Waals surface area (Å²) in [6, 6.07) is 0.712. The molecule has 2 rings (SSSR count). The third-order valence-electron chi connectivity index (χ3n) is 2.73. The summed E-state index contributed by atoms with van der Waals surface area (Å²) in [6.45, 7) is 3.71. The molecule has 2 fully saturated rings. The van der Waals surface area contributed by atoms with Gasteiger partial charge in [0.25, 0.3) is 0 Å². The maximum atomic E-state index is 11.6. The lowest BCUT2D eigenvalue weighted by molar-refractivity contribution is 0.193. The molecule has 74 valence electrons. The third kappa shape index (κ3) is 2.36. The predicted octanol–water partition coefficient (Wildman–Crippen LogP) is 1.59. The molecule has 0 spiro atoms. The zero-order chi connectivity index (χ0) is 9.26. The summed E-state index contributed by atoms with van der Waals surface area (Å²) in [4.78, 5) is 13.6. The summed E-state index contributed by atoms with van der Waals surface area (Å²) >= 11 is 0. The molecule has 0 radical (unpaired) electrons. The SMILES string of the molecule is CCNC(=O)N(CC1CC1)C1CC1. The van der Waals surface area contributed by atoms with Crippen molar-refractivity contribution < 1.29 is 4.79 Å². The van der Waals surface area contributed by atoms with E-state index in [-0.39, 0.29) is 6.03 Å². The number of carbonyl (C=O) groups excluding carboxylic acids is 1. The summed E-state index contributed by atoms with van der Waals surface area (Å²) in [5, 5.41) is 2.89. The van der Waals surface area contributed by atoms with Gasteiger partial charge in [0.15, 0.2) is 0 Å². The molecule has 3 nitrogen and oxygen atoms in total. The van der Waals surface area contributed by atoms with E-state index in [1.165, 1.54) is 25.7 Å². The molecule has 3 heteroatoms. The molecular formula is C10H18N2O. The number of hydrogen-bond donors (Lipinski definition) is 1. The van der Waals surface area contributed by atoms with Crippen LogP contribution in [0, 0.1) is 5.92 Å². The van der Waals surface area contributed by atoms with Crippen LogP contribution in [0.3, 0.4) is 0 Å². The van der Waals surface area contributed by atoms with E-state index in [9.17, 15) is 4.79 Å². The quantitative estimate of drug-likeness (QED) is 0.703. The zero-order valence-electron chi connectivity index (χ0n) is 8.25. The van der Waals surface area contributed by atoms with E-state index in [0.29, 0.717) is 6.04 Å². The average Bonchev–Trinajstić information content (AvgIpc) is 2.95. The van der Waals surface area contributed by atoms with Crippen LogP contribution in [-0.2, 0) is 0 Å². The molecule has 1 N–H and O–H groups in total. The fourth-order valence-electron chi connectivity index (χ4n) is 1.62. The van der Waals surface area contributed by atoms with Crippen molar-refractivity contribution in [3.63, 3.8) is 0 Å². The lowest BCUT2D eigenvalue weighted by Gasteiger charge is -2.22. The molecule has 2 aliphatic carbocycles. The van der Waals surface area contributed by atoms with Gasteiger partial charge in [-0.3, -0.25) is 0 Å². The Morgan fingerprint density at radius 1 is 1.38 bits per heavy atom. The Labute approximate surface area is 79.5 Å². The van der Waals surface area contributed by atoms with E-state index in [1.54, 1.807) is 0 Å². The first-order valence-corrected chi connectivity index (χ1v) is 5.35. The Morgan fingerprint density at radius 2 is 2.08 bits per heavy atom. The van der Waals surface area contributed by atoms with E-state index in [2.05, 4.69) is 5.32 Å². The molecule has 0 heterocycles. The van der Waals surface area contributed by atoms with Gasteiger partial charge in [-0.2, -0.15) is 0 Å². The molecule has 0 aromatic heterocycles. The van der Waals surface area contributed by atoms with Gasteiger partial charge in [0.05, 0.1) is 0 Å². The second kappa shape index (κ2) is 3.56. The van der Waals surface area contributed by atoms with Crippen LogP contribution in [0.15, 0.2) is 0 Å². The monoisotopic (exact) mass is 182 g/mol. The van der Waals surface area contributed by atoms with Crippen LogP contribution in [0.1, 0.15) is 32.6 Å². The highest BCUT2D eigenvalue weighted by molar-refractivity contribution is 5.74. The zero-order valence-corrected chi connectivity index (χ0v) is 8.25. The number of rotatable bonds is 4. The first kappa shape index (κ1) is 8.85. The van der Waals surface area contributed by atoms with Crippen LogP contribution in [0.2, 0.25) is 0 Å². The smallest absolute Gasteiger partial charge is 0.317 e. The topological polar surface area (TPSA) is 32.3 Å². The van der Waals surface area contributed by atoms with Crippen LogP contribution < -0.4 is 5.32 Å². The lowest BCUT2D eigenvalue weighted by atomic mass is 10.3. The number of nitrogens with zero attached hydrogens (tertiary/aromatic N) is 1. The van der Waals surface area contributed by atoms with Crippen molar-refractivity contribution in [2.24, 2.45) is 5.92 Å². The largest absolute Gasteiger partial charge is 0.338 e. The van der Waals surface area contributed by atoms with Gasteiger partial charge in [0.1, 0.15) is 0 Å². The fourth-order valence-corrected chi connectivity index (χ4v) is 1.62. The third-order valence-corrected chi connectivity index (χ3v) is 2.73. The fraction of sp³-hybridized carbons (Fsp3) is 0.900. The van der Waals surface area contributed by atoms with Crippen LogP contribution in [0.25, 0.3) is 0 Å². The maximum absolute atomic E-state index is 11.6. The van der Waals surface area contributed by atoms with Crippen molar-refractivity contribution >= 4 is 6.03 Å². The molecule has 0 atom stereocenters. The Morgan fingerprint density at radius 3 is 2.54 bits per heavy atom. The van der Waals surface area contributed by atoms with E-state index in [1.807, 2.05) is 11.8 Å². The Bertz CT molecular complexity index is 197. The minimum atomic E-state index is 0.150. The van der Waals surface area contributed by atoms with Crippen molar-refractivity contribution in [1.29, 1.82) is 0 Å². The minimum absolute atomic E-state index is 0.150. The first-order chi connectivity index (χ1) is 6.31. The van der Waals surface area contributed by atoms with Crippen molar-refractivity contribution in [1.82, 2.24) is 10.2 Å². The van der Waals surface area contributed by atoms with Gasteiger partial charge in [0.2, 0.25) is 0 Å². The molecule has 0 unspecified atom stereocenters. The highest BCUT2D eigenvalue weighted by Gasteiger charge is 2.36. The molecule has 0 aliphatic heterocycles. The maximum Gasteiger partial charge on any atom is 0.317 e. The summed E-state index contributed by atoms with van der Waals surface area (Å²) in [5.41, 5.74) is 0. The second-order valence-corrected chi connectivity index (χ2v) is 4.16. The van der Waals surface area contributed by atoms with Crippen LogP contribution >= 0.6 is 0 Å². The second-order valence-electron chi connectivity index (χ2n) is 4.16. The van der Waals surface area contributed by atoms with Gasteiger partial charge in [-0.1, -0.05) is 0 Å². The van der Waals surface area contributed by atoms with Crippen molar-refractivity contribution in [3.8, 4) is 0 Å². The minimum Gasteiger partial charge on any atom is -0.338 e. The van der Waals surface area contributed by atoms with Gasteiger partial charge < -0.3 is 10.2 Å². The number of hydrogen-bond acceptors (Lipinski definition) is 1. The Balaban J connectivity index is 1.83. The highest BCUT2D eigenvalue weighted by Crippen LogP contribution is 2.34. The summed E-state index contributed by atoms with van der Waals surface area (Å²) in [6.07, 6.45) is 5.07. The van der Waals surface area contributed by atoms with Crippen molar-refractivity contribution in [3.05, 3.63) is 0 Å². The van der Waals surface area contributed by atoms with Crippen molar-refractivity contribution in [2.75, 3.05) is 13.1 Å². The van der Waals surface area contributed by atoms with Crippen LogP contribution in [0.4, 0.5) is 4.79 Å². The van der Waals surface area contributed by atoms with Gasteiger partial charge in [-0.25, -0.2) is 4.79 Å². The Hall–Kier alpha value is -0.730. The summed E-state index contributed by atoms with van der Waals surface area (Å²) in [5.74, 6) is 0.809. The Kier molecular flexibility index (Phi) is 2.42. The molecular weight excluding hydrogens is 164 g/mol. The van der Waals surface area contributed by atoms with E-state index in [0.717, 1.165) is 19.0 Å². The van der Waals surface area contributed by atoms with Crippen LogP contribution in [-0.4, -0.2) is 30.1 Å². The average molecular weight is 182 g/mol. The molecule has 13 heavy (non-hydrogen) atoms. The lowest BCUT2D eigenvalue weighted by Crippen LogP contribution is -2.42. The molecule has 0 saturated heterocycles. The van der Waals surface area contributed by atoms with Gasteiger partial charge in [0, 0.05) is 19.1 Å². The predicted molar refractivity (Wildman–Crippen MR) is 51.5 cm³/mol. The summed E-state index contributed by atoms with van der Waals surface area (Å²) < 4.78 is 0. The molecule has 2 saturated carbocycles. The van der Waals surface area contributed by atoms with Crippen LogP contribution in [0.5, 0.6) is 0 Å². The number of amides is 2. The van der Waals surface area contributed by atoms with Gasteiger partial charge in [-0.15, -0.1) is 0 Å². The first-order valence-electron chi connectivity index (χ1n) is 5.35. The molecule has 0 aromatic rings. The number of carbonyl (C=O) groups is 1. The molecule has 2 aliphatic rings. The molecule has 0 bridgehead atoms. The summed E-state index contributed by atoms with van der Waals surface area (Å²) in [7, 11) is 0.